The number of fused-ring (bicyclic) bond motifs is 2. The van der Waals surface area contributed by atoms with Crippen molar-refractivity contribution in [2.75, 3.05) is 0 Å². The molecule has 4 rings (SSSR count). The van der Waals surface area contributed by atoms with Crippen molar-refractivity contribution in [3.8, 4) is 0 Å². The molecular weight excluding hydrogens is 554 g/mol. The molecule has 0 fully saturated rings. The van der Waals surface area contributed by atoms with Gasteiger partial charge < -0.3 is 4.48 Å². The smallest absolute Gasteiger partial charge is 0.321 e. The molecule has 1 radical (unpaired) electrons. The largest absolute Gasteiger partial charge is 0.700 e. The first kappa shape index (κ1) is 22.5. The number of halogens is 1. The number of hydrogen-bond donors (Lipinski definition) is 2. The van der Waals surface area contributed by atoms with Crippen LogP contribution in [0.5, 0.6) is 0 Å². The second-order valence-corrected chi connectivity index (χ2v) is 11.4. The fraction of sp³-hybridized carbons (Fsp3) is 0.211. The second kappa shape index (κ2) is 7.14. The minimum Gasteiger partial charge on any atom is -0.321 e. The maximum Gasteiger partial charge on any atom is 0.700 e. The van der Waals surface area contributed by atoms with E-state index in [1.165, 1.54) is 0 Å². The van der Waals surface area contributed by atoms with Gasteiger partial charge in [0.15, 0.2) is 16.3 Å². The summed E-state index contributed by atoms with van der Waals surface area (Å²) in [5, 5.41) is 0. The molecule has 0 atom stereocenters. The zero-order valence-electron chi connectivity index (χ0n) is 17.0. The van der Waals surface area contributed by atoms with Crippen molar-refractivity contribution < 1.29 is 30.4 Å². The van der Waals surface area contributed by atoms with Gasteiger partial charge in [-0.3, -0.25) is 13.6 Å². The maximum atomic E-state index is 12.1. The number of aromatic nitrogens is 1. The molecule has 2 aliphatic rings. The summed E-state index contributed by atoms with van der Waals surface area (Å²) >= 11 is 2.17. The van der Waals surface area contributed by atoms with Crippen LogP contribution in [0.3, 0.4) is 0 Å². The molecule has 12 heteroatoms. The van der Waals surface area contributed by atoms with Crippen LogP contribution in [-0.2, 0) is 20.2 Å². The maximum absolute atomic E-state index is 12.1. The Hall–Kier alpha value is -1.74. The highest BCUT2D eigenvalue weighted by molar-refractivity contribution is 14.1. The first-order valence-corrected chi connectivity index (χ1v) is 13.1. The minimum absolute atomic E-state index is 0.183. The Kier molecular flexibility index (Phi) is 5.17. The average Bonchev–Trinajstić information content (AvgIpc) is 3.05. The van der Waals surface area contributed by atoms with Crippen molar-refractivity contribution in [3.05, 3.63) is 66.5 Å². The van der Waals surface area contributed by atoms with E-state index >= 15 is 0 Å². The summed E-state index contributed by atoms with van der Waals surface area (Å²) in [6, 6.07) is 7.50. The molecule has 0 aliphatic carbocycles. The third kappa shape index (κ3) is 3.35. The topological polar surface area (TPSA) is 117 Å². The molecular formula is C19H18BIN2O6S2+. The van der Waals surface area contributed by atoms with Gasteiger partial charge in [0.25, 0.3) is 10.1 Å². The van der Waals surface area contributed by atoms with Crippen molar-refractivity contribution in [2.45, 2.75) is 32.6 Å². The van der Waals surface area contributed by atoms with Gasteiger partial charge in [0, 0.05) is 21.8 Å². The van der Waals surface area contributed by atoms with Crippen LogP contribution in [0.1, 0.15) is 36.4 Å². The van der Waals surface area contributed by atoms with Crippen molar-refractivity contribution in [1.29, 1.82) is 0 Å². The summed E-state index contributed by atoms with van der Waals surface area (Å²) in [5.74, 6) is 0. The van der Waals surface area contributed by atoms with E-state index < -0.39 is 20.2 Å². The Morgan fingerprint density at radius 2 is 1.55 bits per heavy atom. The average molecular weight is 572 g/mol. The number of rotatable bonds is 3. The van der Waals surface area contributed by atoms with Crippen LogP contribution in [-0.4, -0.2) is 48.2 Å². The third-order valence-corrected chi connectivity index (χ3v) is 8.56. The fourth-order valence-electron chi connectivity index (χ4n) is 4.46. The number of allylic oxidation sites excluding steroid dienone is 2. The summed E-state index contributed by atoms with van der Waals surface area (Å²) in [7, 11) is -7.41. The fourth-order valence-corrected chi connectivity index (χ4v) is 6.73. The van der Waals surface area contributed by atoms with E-state index in [4.69, 9.17) is 0 Å². The van der Waals surface area contributed by atoms with Crippen LogP contribution < -0.4 is 0 Å². The third-order valence-electron chi connectivity index (χ3n) is 5.61. The summed E-state index contributed by atoms with van der Waals surface area (Å²) in [6.45, 7) is 6.35. The second-order valence-electron chi connectivity index (χ2n) is 7.46. The van der Waals surface area contributed by atoms with Gasteiger partial charge >= 0.3 is 17.7 Å². The molecule has 31 heavy (non-hydrogen) atoms. The van der Waals surface area contributed by atoms with Gasteiger partial charge in [0.2, 0.25) is 0 Å². The van der Waals surface area contributed by atoms with Gasteiger partial charge in [-0.05, 0) is 66.6 Å². The molecule has 8 nitrogen and oxygen atoms in total. The summed E-state index contributed by atoms with van der Waals surface area (Å²) in [5.41, 5.74) is 3.68. The van der Waals surface area contributed by atoms with Crippen molar-refractivity contribution in [3.63, 3.8) is 0 Å². The molecule has 2 aromatic rings. The van der Waals surface area contributed by atoms with E-state index in [-0.39, 0.29) is 9.80 Å². The van der Waals surface area contributed by atoms with Crippen LogP contribution in [0.25, 0.3) is 5.57 Å². The number of hydrogen-bond acceptors (Lipinski definition) is 4. The molecule has 1 aromatic heterocycles. The lowest BCUT2D eigenvalue weighted by Crippen LogP contribution is -2.32. The Morgan fingerprint density at radius 3 is 2.06 bits per heavy atom. The zero-order valence-corrected chi connectivity index (χ0v) is 20.8. The lowest BCUT2D eigenvalue weighted by molar-refractivity contribution is -0.315. The highest BCUT2D eigenvalue weighted by Crippen LogP contribution is 2.43. The molecule has 0 bridgehead atoms. The normalized spacial score (nSPS) is 16.6. The number of nitrogens with zero attached hydrogens (tertiary/aromatic N) is 2. The summed E-state index contributed by atoms with van der Waals surface area (Å²) < 4.78 is 72.4. The highest BCUT2D eigenvalue weighted by Gasteiger charge is 2.47. The number of benzene rings is 1. The Labute approximate surface area is 194 Å². The molecule has 0 spiro atoms. The van der Waals surface area contributed by atoms with Crippen LogP contribution in [0.4, 0.5) is 0 Å². The SMILES string of the molecule is CC1=C(S(=O)(=O)O)C(C)=[N+]2[B]n3c(C)c(S(=O)(=O)O)c(C)c3C(c3ccc(I)cc3)=C12. The first-order chi connectivity index (χ1) is 14.2. The Morgan fingerprint density at radius 1 is 0.968 bits per heavy atom. The van der Waals surface area contributed by atoms with Crippen molar-refractivity contribution >= 4 is 61.7 Å². The van der Waals surface area contributed by atoms with Crippen LogP contribution >= 0.6 is 22.6 Å². The molecule has 2 aliphatic heterocycles. The molecule has 1 aromatic carbocycles. The quantitative estimate of drug-likeness (QED) is 0.332. The molecule has 0 unspecified atom stereocenters. The monoisotopic (exact) mass is 572 g/mol. The summed E-state index contributed by atoms with van der Waals surface area (Å²) in [4.78, 5) is -0.365. The van der Waals surface area contributed by atoms with Crippen LogP contribution in [0, 0.1) is 17.4 Å². The van der Waals surface area contributed by atoms with E-state index in [2.05, 4.69) is 22.6 Å². The van der Waals surface area contributed by atoms with Crippen LogP contribution in [0.15, 0.2) is 45.3 Å². The molecule has 161 valence electrons. The highest BCUT2D eigenvalue weighted by atomic mass is 127. The van der Waals surface area contributed by atoms with Gasteiger partial charge in [0.1, 0.15) is 4.90 Å². The lowest BCUT2D eigenvalue weighted by atomic mass is 9.89. The Bertz CT molecular complexity index is 1480. The molecule has 0 saturated heterocycles. The molecule has 3 heterocycles. The van der Waals surface area contributed by atoms with E-state index in [1.54, 1.807) is 44.2 Å². The van der Waals surface area contributed by atoms with Gasteiger partial charge in [-0.1, -0.05) is 12.1 Å². The van der Waals surface area contributed by atoms with Gasteiger partial charge in [-0.25, -0.2) is 0 Å². The predicted molar refractivity (Wildman–Crippen MR) is 125 cm³/mol. The van der Waals surface area contributed by atoms with Crippen LogP contribution in [0.2, 0.25) is 0 Å². The van der Waals surface area contributed by atoms with E-state index in [0.29, 0.717) is 39.5 Å². The lowest BCUT2D eigenvalue weighted by Gasteiger charge is -2.20. The van der Waals surface area contributed by atoms with Crippen molar-refractivity contribution in [2.24, 2.45) is 0 Å². The molecule has 0 saturated carbocycles. The van der Waals surface area contributed by atoms with Gasteiger partial charge in [0.05, 0.1) is 11.3 Å². The zero-order chi connectivity index (χ0) is 23.0. The van der Waals surface area contributed by atoms with Gasteiger partial charge in [-0.2, -0.15) is 16.8 Å². The summed E-state index contributed by atoms with van der Waals surface area (Å²) in [6.07, 6.45) is 0. The van der Waals surface area contributed by atoms with Crippen molar-refractivity contribution in [1.82, 2.24) is 4.48 Å². The van der Waals surface area contributed by atoms with E-state index in [9.17, 15) is 25.9 Å². The predicted octanol–water partition coefficient (Wildman–Crippen LogP) is 2.76. The Balaban J connectivity index is 2.21. The standard InChI is InChI=1S/C19H18BIN2O6S2/c1-9-16-15(13-5-7-14(21)8-6-13)17-10(2)19(31(27,28)29)12(4)23(17)20-22(16)11(3)18(9)30(24,25)26/h5-8H,1-4H3,(H,24,25,26)(H,27,28,29)/q+1. The van der Waals surface area contributed by atoms with Gasteiger partial charge in [-0.15, -0.1) is 0 Å². The minimum atomic E-state index is -4.49. The molecule has 0 amide bonds. The van der Waals surface area contributed by atoms with E-state index in [0.717, 1.165) is 9.13 Å². The molecule has 2 N–H and O–H groups in total. The van der Waals surface area contributed by atoms with E-state index in [1.807, 2.05) is 24.3 Å². The first-order valence-electron chi connectivity index (χ1n) is 9.11.